The molecule has 1 unspecified atom stereocenters. The molecule has 0 aliphatic rings. The van der Waals surface area contributed by atoms with Crippen molar-refractivity contribution in [3.8, 4) is 0 Å². The average molecular weight is 262 g/mol. The summed E-state index contributed by atoms with van der Waals surface area (Å²) in [5.41, 5.74) is 8.00. The van der Waals surface area contributed by atoms with Crippen LogP contribution in [0.5, 0.6) is 0 Å². The van der Waals surface area contributed by atoms with Crippen LogP contribution in [0.1, 0.15) is 17.2 Å². The number of aryl methyl sites for hydroxylation is 1. The number of nitrogens with one attached hydrogen (secondary N) is 1. The van der Waals surface area contributed by atoms with Gasteiger partial charge >= 0.3 is 0 Å². The van der Waals surface area contributed by atoms with Gasteiger partial charge in [-0.3, -0.25) is 0 Å². The first-order valence-electron chi connectivity index (χ1n) is 6.08. The van der Waals surface area contributed by atoms with E-state index in [2.05, 4.69) is 5.32 Å². The van der Waals surface area contributed by atoms with Gasteiger partial charge in [0.25, 0.3) is 0 Å². The lowest BCUT2D eigenvalue weighted by atomic mass is 10.1. The van der Waals surface area contributed by atoms with E-state index in [9.17, 15) is 8.78 Å². The van der Waals surface area contributed by atoms with Gasteiger partial charge < -0.3 is 11.1 Å². The van der Waals surface area contributed by atoms with Crippen LogP contribution in [0.15, 0.2) is 42.5 Å². The Kier molecular flexibility index (Phi) is 4.12. The van der Waals surface area contributed by atoms with Crippen LogP contribution in [0.4, 0.5) is 14.5 Å². The molecular formula is C15H16F2N2. The van der Waals surface area contributed by atoms with Crippen LogP contribution in [-0.2, 0) is 0 Å². The van der Waals surface area contributed by atoms with Gasteiger partial charge in [0.05, 0.1) is 6.04 Å². The van der Waals surface area contributed by atoms with Crippen molar-refractivity contribution in [2.75, 3.05) is 11.9 Å². The molecule has 3 N–H and O–H groups in total. The highest BCUT2D eigenvalue weighted by molar-refractivity contribution is 5.47. The average Bonchev–Trinajstić information content (AvgIpc) is 2.37. The van der Waals surface area contributed by atoms with Crippen molar-refractivity contribution in [2.45, 2.75) is 13.0 Å². The third kappa shape index (κ3) is 3.29. The highest BCUT2D eigenvalue weighted by Crippen LogP contribution is 2.22. The summed E-state index contributed by atoms with van der Waals surface area (Å²) in [6, 6.07) is 10.9. The Morgan fingerprint density at radius 3 is 2.58 bits per heavy atom. The summed E-state index contributed by atoms with van der Waals surface area (Å²) in [5, 5.41) is 3.16. The first-order valence-corrected chi connectivity index (χ1v) is 6.08. The van der Waals surface area contributed by atoms with E-state index in [1.54, 1.807) is 0 Å². The summed E-state index contributed by atoms with van der Waals surface area (Å²) in [7, 11) is 0. The van der Waals surface area contributed by atoms with E-state index in [1.165, 1.54) is 12.1 Å². The summed E-state index contributed by atoms with van der Waals surface area (Å²) in [6.45, 7) is 2.19. The molecule has 0 amide bonds. The summed E-state index contributed by atoms with van der Waals surface area (Å²) in [5.74, 6) is -1.18. The van der Waals surface area contributed by atoms with E-state index in [0.717, 1.165) is 17.3 Å². The Balaban J connectivity index is 2.25. The summed E-state index contributed by atoms with van der Waals surface area (Å²) >= 11 is 0. The number of hydrogen-bond donors (Lipinski definition) is 2. The first kappa shape index (κ1) is 13.5. The molecule has 0 saturated carbocycles. The van der Waals surface area contributed by atoms with Crippen molar-refractivity contribution >= 4 is 5.69 Å². The Labute approximate surface area is 111 Å². The number of hydrogen-bond acceptors (Lipinski definition) is 2. The molecule has 0 aliphatic carbocycles. The van der Waals surface area contributed by atoms with E-state index in [-0.39, 0.29) is 12.6 Å². The second-order valence-corrected chi connectivity index (χ2v) is 4.47. The van der Waals surface area contributed by atoms with Gasteiger partial charge in [-0.25, -0.2) is 8.78 Å². The fourth-order valence-corrected chi connectivity index (χ4v) is 1.98. The Bertz CT molecular complexity index is 570. The van der Waals surface area contributed by atoms with Gasteiger partial charge in [-0.1, -0.05) is 18.2 Å². The van der Waals surface area contributed by atoms with E-state index < -0.39 is 11.6 Å². The monoisotopic (exact) mass is 262 g/mol. The lowest BCUT2D eigenvalue weighted by Gasteiger charge is -2.19. The predicted molar refractivity (Wildman–Crippen MR) is 73.0 cm³/mol. The van der Waals surface area contributed by atoms with Gasteiger partial charge in [0.1, 0.15) is 11.6 Å². The van der Waals surface area contributed by atoms with Crippen LogP contribution >= 0.6 is 0 Å². The van der Waals surface area contributed by atoms with Gasteiger partial charge in [0.2, 0.25) is 0 Å². The van der Waals surface area contributed by atoms with Crippen LogP contribution < -0.4 is 11.1 Å². The standard InChI is InChI=1S/C15H16F2N2/c1-10-3-2-4-12(7-10)19-15(9-18)13-6-5-11(16)8-14(13)17/h2-8,15,19H,9,18H2,1H3. The maximum absolute atomic E-state index is 13.7. The van der Waals surface area contributed by atoms with E-state index in [4.69, 9.17) is 5.73 Å². The molecule has 0 aromatic heterocycles. The summed E-state index contributed by atoms with van der Waals surface area (Å²) < 4.78 is 26.6. The molecular weight excluding hydrogens is 246 g/mol. The van der Waals surface area contributed by atoms with Crippen LogP contribution in [0.25, 0.3) is 0 Å². The van der Waals surface area contributed by atoms with Gasteiger partial charge in [0, 0.05) is 23.9 Å². The van der Waals surface area contributed by atoms with Crippen LogP contribution in [0.3, 0.4) is 0 Å². The SMILES string of the molecule is Cc1cccc(NC(CN)c2ccc(F)cc2F)c1. The molecule has 2 nitrogen and oxygen atoms in total. The molecule has 2 rings (SSSR count). The smallest absolute Gasteiger partial charge is 0.131 e. The van der Waals surface area contributed by atoms with Crippen molar-refractivity contribution in [2.24, 2.45) is 5.73 Å². The van der Waals surface area contributed by atoms with Crippen molar-refractivity contribution in [1.82, 2.24) is 0 Å². The minimum Gasteiger partial charge on any atom is -0.377 e. The third-order valence-corrected chi connectivity index (χ3v) is 2.93. The summed E-state index contributed by atoms with van der Waals surface area (Å²) in [6.07, 6.45) is 0. The van der Waals surface area contributed by atoms with Crippen molar-refractivity contribution in [3.05, 3.63) is 65.2 Å². The van der Waals surface area contributed by atoms with Crippen molar-refractivity contribution in [3.63, 3.8) is 0 Å². The zero-order chi connectivity index (χ0) is 13.8. The molecule has 4 heteroatoms. The maximum atomic E-state index is 13.7. The topological polar surface area (TPSA) is 38.0 Å². The number of halogens is 2. The number of rotatable bonds is 4. The van der Waals surface area contributed by atoms with E-state index in [1.807, 2.05) is 31.2 Å². The van der Waals surface area contributed by atoms with Gasteiger partial charge in [-0.05, 0) is 30.7 Å². The largest absolute Gasteiger partial charge is 0.377 e. The fourth-order valence-electron chi connectivity index (χ4n) is 1.98. The van der Waals surface area contributed by atoms with E-state index >= 15 is 0 Å². The quantitative estimate of drug-likeness (QED) is 0.886. The molecule has 19 heavy (non-hydrogen) atoms. The molecule has 0 saturated heterocycles. The lowest BCUT2D eigenvalue weighted by Crippen LogP contribution is -2.21. The summed E-state index contributed by atoms with van der Waals surface area (Å²) in [4.78, 5) is 0. The van der Waals surface area contributed by atoms with Crippen molar-refractivity contribution in [1.29, 1.82) is 0 Å². The Hall–Kier alpha value is -1.94. The molecule has 0 bridgehead atoms. The van der Waals surface area contributed by atoms with Crippen molar-refractivity contribution < 1.29 is 8.78 Å². The second kappa shape index (κ2) is 5.80. The lowest BCUT2D eigenvalue weighted by molar-refractivity contribution is 0.562. The zero-order valence-electron chi connectivity index (χ0n) is 10.7. The molecule has 100 valence electrons. The molecule has 2 aromatic rings. The highest BCUT2D eigenvalue weighted by Gasteiger charge is 2.14. The fraction of sp³-hybridized carbons (Fsp3) is 0.200. The zero-order valence-corrected chi connectivity index (χ0v) is 10.7. The molecule has 0 heterocycles. The third-order valence-electron chi connectivity index (χ3n) is 2.93. The van der Waals surface area contributed by atoms with Crippen LogP contribution in [0, 0.1) is 18.6 Å². The van der Waals surface area contributed by atoms with Crippen LogP contribution in [-0.4, -0.2) is 6.54 Å². The van der Waals surface area contributed by atoms with Gasteiger partial charge in [-0.15, -0.1) is 0 Å². The number of anilines is 1. The minimum absolute atomic E-state index is 0.219. The Morgan fingerprint density at radius 2 is 1.95 bits per heavy atom. The normalized spacial score (nSPS) is 12.2. The van der Waals surface area contributed by atoms with E-state index in [0.29, 0.717) is 5.56 Å². The molecule has 2 aromatic carbocycles. The molecule has 0 aliphatic heterocycles. The first-order chi connectivity index (χ1) is 9.10. The molecule has 1 atom stereocenters. The van der Waals surface area contributed by atoms with Crippen LogP contribution in [0.2, 0.25) is 0 Å². The highest BCUT2D eigenvalue weighted by atomic mass is 19.1. The maximum Gasteiger partial charge on any atom is 0.131 e. The predicted octanol–water partition coefficient (Wildman–Crippen LogP) is 3.39. The minimum atomic E-state index is -0.590. The van der Waals surface area contributed by atoms with Gasteiger partial charge in [-0.2, -0.15) is 0 Å². The second-order valence-electron chi connectivity index (χ2n) is 4.47. The molecule has 0 fully saturated rings. The molecule has 0 radical (unpaired) electrons. The molecule has 0 spiro atoms. The number of nitrogens with two attached hydrogens (primary N) is 1. The van der Waals surface area contributed by atoms with Gasteiger partial charge in [0.15, 0.2) is 0 Å². The number of benzene rings is 2. The Morgan fingerprint density at radius 1 is 1.16 bits per heavy atom.